The Morgan fingerprint density at radius 3 is 2.75 bits per heavy atom. The van der Waals surface area contributed by atoms with E-state index in [0.717, 1.165) is 32.3 Å². The lowest BCUT2D eigenvalue weighted by Gasteiger charge is -2.27. The van der Waals surface area contributed by atoms with E-state index in [1.54, 1.807) is 0 Å². The van der Waals surface area contributed by atoms with E-state index in [4.69, 9.17) is 9.47 Å². The van der Waals surface area contributed by atoms with E-state index in [0.29, 0.717) is 12.1 Å². The zero-order valence-electron chi connectivity index (χ0n) is 10.4. The molecule has 0 radical (unpaired) electrons. The maximum Gasteiger partial charge on any atom is 0.0831 e. The molecule has 2 unspecified atom stereocenters. The van der Waals surface area contributed by atoms with E-state index in [-0.39, 0.29) is 0 Å². The first-order valence-corrected chi connectivity index (χ1v) is 6.80. The fraction of sp³-hybridized carbons (Fsp3) is 1.00. The standard InChI is InChI=1S/C13H25NO2/c1-11(9-16-13-7-8-15-10-13)14-12-5-3-2-4-6-12/h11-14H,2-10H2,1H3. The van der Waals surface area contributed by atoms with Gasteiger partial charge in [0, 0.05) is 18.7 Å². The summed E-state index contributed by atoms with van der Waals surface area (Å²) < 4.78 is 11.1. The Labute approximate surface area is 98.9 Å². The molecular weight excluding hydrogens is 202 g/mol. The highest BCUT2D eigenvalue weighted by Gasteiger charge is 2.19. The van der Waals surface area contributed by atoms with Crippen LogP contribution in [0.2, 0.25) is 0 Å². The van der Waals surface area contributed by atoms with E-state index in [9.17, 15) is 0 Å². The Morgan fingerprint density at radius 2 is 2.06 bits per heavy atom. The van der Waals surface area contributed by atoms with Gasteiger partial charge in [-0.2, -0.15) is 0 Å². The molecule has 2 atom stereocenters. The van der Waals surface area contributed by atoms with Crippen molar-refractivity contribution in [3.8, 4) is 0 Å². The summed E-state index contributed by atoms with van der Waals surface area (Å²) in [6.07, 6.45) is 8.30. The van der Waals surface area contributed by atoms with Gasteiger partial charge in [0.1, 0.15) is 0 Å². The van der Waals surface area contributed by atoms with Crippen LogP contribution in [-0.2, 0) is 9.47 Å². The van der Waals surface area contributed by atoms with Gasteiger partial charge in [0.2, 0.25) is 0 Å². The summed E-state index contributed by atoms with van der Waals surface area (Å²) in [4.78, 5) is 0. The number of ether oxygens (including phenoxy) is 2. The van der Waals surface area contributed by atoms with Gasteiger partial charge in [-0.15, -0.1) is 0 Å². The summed E-state index contributed by atoms with van der Waals surface area (Å²) in [7, 11) is 0. The zero-order valence-corrected chi connectivity index (χ0v) is 10.4. The molecular formula is C13H25NO2. The van der Waals surface area contributed by atoms with Crippen molar-refractivity contribution < 1.29 is 9.47 Å². The molecule has 2 aliphatic rings. The lowest BCUT2D eigenvalue weighted by Crippen LogP contribution is -2.41. The maximum absolute atomic E-state index is 5.82. The molecule has 2 rings (SSSR count). The third-order valence-corrected chi connectivity index (χ3v) is 3.60. The molecule has 94 valence electrons. The Kier molecular flexibility index (Phi) is 5.07. The van der Waals surface area contributed by atoms with E-state index in [2.05, 4.69) is 12.2 Å². The third kappa shape index (κ3) is 4.04. The molecule has 3 heteroatoms. The second-order valence-corrected chi connectivity index (χ2v) is 5.22. The van der Waals surface area contributed by atoms with Gasteiger partial charge < -0.3 is 14.8 Å². The predicted molar refractivity (Wildman–Crippen MR) is 64.6 cm³/mol. The lowest BCUT2D eigenvalue weighted by atomic mass is 9.95. The molecule has 0 aromatic carbocycles. The Balaban J connectivity index is 1.57. The first-order valence-electron chi connectivity index (χ1n) is 6.80. The molecule has 16 heavy (non-hydrogen) atoms. The molecule has 1 aliphatic heterocycles. The van der Waals surface area contributed by atoms with E-state index in [1.807, 2.05) is 0 Å². The quantitative estimate of drug-likeness (QED) is 0.780. The van der Waals surface area contributed by atoms with E-state index >= 15 is 0 Å². The fourth-order valence-electron chi connectivity index (χ4n) is 2.64. The summed E-state index contributed by atoms with van der Waals surface area (Å²) in [5, 5.41) is 3.68. The van der Waals surface area contributed by atoms with Gasteiger partial charge in [-0.25, -0.2) is 0 Å². The zero-order chi connectivity index (χ0) is 11.2. The average molecular weight is 227 g/mol. The molecule has 2 fully saturated rings. The Morgan fingerprint density at radius 1 is 1.25 bits per heavy atom. The van der Waals surface area contributed by atoms with Crippen molar-refractivity contribution in [3.63, 3.8) is 0 Å². The molecule has 1 N–H and O–H groups in total. The van der Waals surface area contributed by atoms with E-state index in [1.165, 1.54) is 32.1 Å². The largest absolute Gasteiger partial charge is 0.379 e. The van der Waals surface area contributed by atoms with Crippen molar-refractivity contribution in [3.05, 3.63) is 0 Å². The highest BCUT2D eigenvalue weighted by molar-refractivity contribution is 4.75. The monoisotopic (exact) mass is 227 g/mol. The number of hydrogen-bond donors (Lipinski definition) is 1. The molecule has 0 bridgehead atoms. The minimum atomic E-state index is 0.343. The smallest absolute Gasteiger partial charge is 0.0831 e. The first kappa shape index (κ1) is 12.3. The normalized spacial score (nSPS) is 29.4. The van der Waals surface area contributed by atoms with Crippen LogP contribution >= 0.6 is 0 Å². The topological polar surface area (TPSA) is 30.5 Å². The van der Waals surface area contributed by atoms with Crippen LogP contribution < -0.4 is 5.32 Å². The van der Waals surface area contributed by atoms with Crippen LogP contribution in [-0.4, -0.2) is 38.0 Å². The van der Waals surface area contributed by atoms with Gasteiger partial charge in [-0.1, -0.05) is 19.3 Å². The van der Waals surface area contributed by atoms with Crippen LogP contribution in [0.4, 0.5) is 0 Å². The van der Waals surface area contributed by atoms with Gasteiger partial charge >= 0.3 is 0 Å². The van der Waals surface area contributed by atoms with Crippen LogP contribution in [0.15, 0.2) is 0 Å². The fourth-order valence-corrected chi connectivity index (χ4v) is 2.64. The average Bonchev–Trinajstić information content (AvgIpc) is 2.81. The van der Waals surface area contributed by atoms with Gasteiger partial charge in [0.25, 0.3) is 0 Å². The van der Waals surface area contributed by atoms with Crippen LogP contribution in [0.1, 0.15) is 45.4 Å². The molecule has 1 saturated heterocycles. The highest BCUT2D eigenvalue weighted by Crippen LogP contribution is 2.18. The van der Waals surface area contributed by atoms with E-state index < -0.39 is 0 Å². The number of rotatable bonds is 5. The van der Waals surface area contributed by atoms with Gasteiger partial charge in [0.15, 0.2) is 0 Å². The summed E-state index contributed by atoms with van der Waals surface area (Å²) >= 11 is 0. The number of hydrogen-bond acceptors (Lipinski definition) is 3. The van der Waals surface area contributed by atoms with Gasteiger partial charge in [-0.05, 0) is 26.2 Å². The van der Waals surface area contributed by atoms with Crippen molar-refractivity contribution >= 4 is 0 Å². The summed E-state index contributed by atoms with van der Waals surface area (Å²) in [5.41, 5.74) is 0. The summed E-state index contributed by atoms with van der Waals surface area (Å²) in [6, 6.07) is 1.20. The third-order valence-electron chi connectivity index (χ3n) is 3.60. The van der Waals surface area contributed by atoms with Crippen molar-refractivity contribution in [1.29, 1.82) is 0 Å². The van der Waals surface area contributed by atoms with Crippen LogP contribution in [0.5, 0.6) is 0 Å². The molecule has 0 aromatic rings. The minimum absolute atomic E-state index is 0.343. The molecule has 0 spiro atoms. The van der Waals surface area contributed by atoms with Crippen LogP contribution in [0, 0.1) is 0 Å². The Hall–Kier alpha value is -0.120. The number of nitrogens with one attached hydrogen (secondary N) is 1. The van der Waals surface area contributed by atoms with Crippen molar-refractivity contribution in [2.24, 2.45) is 0 Å². The van der Waals surface area contributed by atoms with Crippen molar-refractivity contribution in [1.82, 2.24) is 5.32 Å². The van der Waals surface area contributed by atoms with Crippen LogP contribution in [0.25, 0.3) is 0 Å². The highest BCUT2D eigenvalue weighted by atomic mass is 16.5. The summed E-state index contributed by atoms with van der Waals surface area (Å²) in [6.45, 7) is 4.71. The summed E-state index contributed by atoms with van der Waals surface area (Å²) in [5.74, 6) is 0. The Bertz CT molecular complexity index is 186. The van der Waals surface area contributed by atoms with Crippen molar-refractivity contribution in [2.45, 2.75) is 63.6 Å². The molecule has 3 nitrogen and oxygen atoms in total. The molecule has 1 saturated carbocycles. The van der Waals surface area contributed by atoms with Crippen molar-refractivity contribution in [2.75, 3.05) is 19.8 Å². The lowest BCUT2D eigenvalue weighted by molar-refractivity contribution is 0.0301. The minimum Gasteiger partial charge on any atom is -0.379 e. The molecule has 0 aromatic heterocycles. The predicted octanol–water partition coefficient (Wildman–Crippen LogP) is 2.10. The molecule has 0 amide bonds. The van der Waals surface area contributed by atoms with Crippen LogP contribution in [0.3, 0.4) is 0 Å². The maximum atomic E-state index is 5.82. The molecule has 1 aliphatic carbocycles. The second-order valence-electron chi connectivity index (χ2n) is 5.22. The van der Waals surface area contributed by atoms with Gasteiger partial charge in [-0.3, -0.25) is 0 Å². The second kappa shape index (κ2) is 6.58. The SMILES string of the molecule is CC(COC1CCOC1)NC1CCCCC1. The first-order chi connectivity index (χ1) is 7.84. The van der Waals surface area contributed by atoms with Gasteiger partial charge in [0.05, 0.1) is 19.3 Å². The molecule has 1 heterocycles.